The molecule has 1 aromatic rings. The Balaban J connectivity index is 2.47. The van der Waals surface area contributed by atoms with E-state index in [0.29, 0.717) is 4.47 Å². The molecule has 1 aromatic carbocycles. The zero-order valence-electron chi connectivity index (χ0n) is 14.0. The van der Waals surface area contributed by atoms with Crippen molar-refractivity contribution in [3.63, 3.8) is 0 Å². The fourth-order valence-corrected chi connectivity index (χ4v) is 2.79. The van der Waals surface area contributed by atoms with Gasteiger partial charge in [-0.15, -0.1) is 0 Å². The van der Waals surface area contributed by atoms with Gasteiger partial charge in [-0.1, -0.05) is 15.9 Å². The number of ether oxygens (including phenoxy) is 1. The van der Waals surface area contributed by atoms with E-state index in [2.05, 4.69) is 21.4 Å². The van der Waals surface area contributed by atoms with Crippen LogP contribution in [0.5, 0.6) is 0 Å². The molecular formula is C15H16BrF3N4O4. The van der Waals surface area contributed by atoms with Crippen LogP contribution in [-0.2, 0) is 10.3 Å². The van der Waals surface area contributed by atoms with Gasteiger partial charge in [0.05, 0.1) is 19.2 Å². The second-order valence-electron chi connectivity index (χ2n) is 5.57. The van der Waals surface area contributed by atoms with E-state index in [9.17, 15) is 28.4 Å². The summed E-state index contributed by atoms with van der Waals surface area (Å²) in [4.78, 5) is 10.2. The largest absolute Gasteiger partial charge is 0.479 e. The number of benzene rings is 1. The summed E-state index contributed by atoms with van der Waals surface area (Å²) in [5.41, 5.74) is 4.74. The Morgan fingerprint density at radius 3 is 2.78 bits per heavy atom. The third-order valence-corrected chi connectivity index (χ3v) is 4.24. The van der Waals surface area contributed by atoms with Crippen molar-refractivity contribution in [3.8, 4) is 0 Å². The molecule has 4 N–H and O–H groups in total. The van der Waals surface area contributed by atoms with E-state index in [1.165, 1.54) is 6.07 Å². The number of nitrogens with zero attached hydrogens (tertiary/aromatic N) is 2. The van der Waals surface area contributed by atoms with E-state index >= 15 is 0 Å². The van der Waals surface area contributed by atoms with Crippen LogP contribution >= 0.6 is 15.9 Å². The number of allylic oxidation sites excluding steroid dienone is 1. The molecule has 12 heteroatoms. The summed E-state index contributed by atoms with van der Waals surface area (Å²) >= 11 is 3.07. The monoisotopic (exact) mass is 452 g/mol. The van der Waals surface area contributed by atoms with Gasteiger partial charge < -0.3 is 25.7 Å². The van der Waals surface area contributed by atoms with Gasteiger partial charge in [0.25, 0.3) is 6.43 Å². The van der Waals surface area contributed by atoms with E-state index in [0.717, 1.165) is 23.2 Å². The maximum Gasteiger partial charge on any atom is 0.341 e. The summed E-state index contributed by atoms with van der Waals surface area (Å²) in [6.07, 6.45) is -2.34. The molecule has 1 unspecified atom stereocenters. The first-order valence-electron chi connectivity index (χ1n) is 7.59. The third-order valence-electron chi connectivity index (χ3n) is 3.75. The molecule has 8 nitrogen and oxygen atoms in total. The Bertz CT molecular complexity index is 805. The molecule has 1 aliphatic rings. The summed E-state index contributed by atoms with van der Waals surface area (Å²) in [6, 6.07) is 3.39. The molecule has 0 bridgehead atoms. The number of aliphatic hydroxyl groups is 1. The van der Waals surface area contributed by atoms with Gasteiger partial charge in [-0.3, -0.25) is 0 Å². The molecule has 0 aliphatic carbocycles. The van der Waals surface area contributed by atoms with Crippen LogP contribution in [0.25, 0.3) is 0 Å². The lowest BCUT2D eigenvalue weighted by Gasteiger charge is -2.33. The molecular weight excluding hydrogens is 437 g/mol. The highest BCUT2D eigenvalue weighted by atomic mass is 79.9. The van der Waals surface area contributed by atoms with Crippen LogP contribution in [0.3, 0.4) is 0 Å². The number of aliphatic hydroxyl groups excluding tert-OH is 1. The maximum atomic E-state index is 14.2. The van der Waals surface area contributed by atoms with Crippen molar-refractivity contribution in [1.82, 2.24) is 10.4 Å². The highest BCUT2D eigenvalue weighted by Crippen LogP contribution is 2.33. The Kier molecular flexibility index (Phi) is 6.21. The average molecular weight is 453 g/mol. The van der Waals surface area contributed by atoms with Gasteiger partial charge in [0.1, 0.15) is 11.4 Å². The number of nitro groups is 1. The summed E-state index contributed by atoms with van der Waals surface area (Å²) in [6.45, 7) is 0.761. The summed E-state index contributed by atoms with van der Waals surface area (Å²) < 4.78 is 47.1. The number of hydrogen-bond acceptors (Lipinski definition) is 7. The highest BCUT2D eigenvalue weighted by molar-refractivity contribution is 9.10. The molecule has 1 atom stereocenters. The molecule has 0 saturated carbocycles. The van der Waals surface area contributed by atoms with Gasteiger partial charge in [-0.25, -0.2) is 18.2 Å². The fraction of sp³-hybridized carbons (Fsp3) is 0.333. The van der Waals surface area contributed by atoms with Gasteiger partial charge in [0, 0.05) is 10.0 Å². The Morgan fingerprint density at radius 1 is 1.56 bits per heavy atom. The van der Waals surface area contributed by atoms with Gasteiger partial charge in [-0.2, -0.15) is 5.43 Å². The van der Waals surface area contributed by atoms with Crippen LogP contribution in [0.2, 0.25) is 0 Å². The predicted molar refractivity (Wildman–Crippen MR) is 92.2 cm³/mol. The number of nitrogens with one attached hydrogen (secondary N) is 1. The number of alkyl halides is 2. The maximum absolute atomic E-state index is 14.2. The van der Waals surface area contributed by atoms with Crippen molar-refractivity contribution in [2.45, 2.75) is 18.9 Å². The van der Waals surface area contributed by atoms with Crippen LogP contribution in [0.4, 0.5) is 13.2 Å². The first kappa shape index (κ1) is 20.8. The van der Waals surface area contributed by atoms with Gasteiger partial charge >= 0.3 is 11.8 Å². The molecule has 0 aromatic heterocycles. The molecule has 148 valence electrons. The molecule has 0 amide bonds. The van der Waals surface area contributed by atoms with E-state index in [1.807, 2.05) is 0 Å². The smallest absolute Gasteiger partial charge is 0.341 e. The normalized spacial score (nSPS) is 18.0. The molecule has 0 radical (unpaired) electrons. The Labute approximate surface area is 160 Å². The van der Waals surface area contributed by atoms with Crippen LogP contribution in [0.15, 0.2) is 46.2 Å². The minimum absolute atomic E-state index is 0.0215. The zero-order chi connectivity index (χ0) is 20.4. The first-order chi connectivity index (χ1) is 12.6. The Hall–Kier alpha value is -2.47. The van der Waals surface area contributed by atoms with Crippen molar-refractivity contribution in [2.75, 3.05) is 13.2 Å². The summed E-state index contributed by atoms with van der Waals surface area (Å²) in [7, 11) is 0. The van der Waals surface area contributed by atoms with Crippen molar-refractivity contribution in [1.29, 1.82) is 0 Å². The molecule has 0 saturated heterocycles. The quantitative estimate of drug-likeness (QED) is 0.331. The number of hydrogen-bond donors (Lipinski definition) is 3. The van der Waals surface area contributed by atoms with Crippen molar-refractivity contribution >= 4 is 15.9 Å². The molecule has 1 heterocycles. The summed E-state index contributed by atoms with van der Waals surface area (Å²) in [5, 5.41) is 21.7. The van der Waals surface area contributed by atoms with E-state index in [1.54, 1.807) is 6.92 Å². The number of rotatable bonds is 7. The molecule has 27 heavy (non-hydrogen) atoms. The third kappa shape index (κ3) is 4.27. The zero-order valence-corrected chi connectivity index (χ0v) is 15.5. The average Bonchev–Trinajstić information content (AvgIpc) is 3.01. The SMILES string of the molecule is CCOC(O)=C1C=C([N+](=O)[O-])NN1CC(N)(c1cc(Br)ccc1F)C(F)F. The van der Waals surface area contributed by atoms with E-state index < -0.39 is 46.6 Å². The second-order valence-corrected chi connectivity index (χ2v) is 6.49. The predicted octanol–water partition coefficient (Wildman–Crippen LogP) is 2.71. The lowest BCUT2D eigenvalue weighted by molar-refractivity contribution is -0.433. The van der Waals surface area contributed by atoms with Crippen LogP contribution in [0, 0.1) is 15.9 Å². The number of hydrazine groups is 1. The van der Waals surface area contributed by atoms with Crippen molar-refractivity contribution < 1.29 is 27.9 Å². The highest BCUT2D eigenvalue weighted by Gasteiger charge is 2.45. The Morgan fingerprint density at radius 2 is 2.22 bits per heavy atom. The first-order valence-corrected chi connectivity index (χ1v) is 8.38. The minimum atomic E-state index is -3.24. The van der Waals surface area contributed by atoms with Gasteiger partial charge in [-0.05, 0) is 30.0 Å². The molecule has 1 aliphatic heterocycles. The standard InChI is InChI=1S/C15H16BrF3N4O4/c1-2-27-13(24)11-6-12(23(25)26)21-22(11)7-15(20,14(18)19)9-5-8(16)3-4-10(9)17/h3-6,14,21,24H,2,7,20H2,1H3. The lowest BCUT2D eigenvalue weighted by Crippen LogP contribution is -2.55. The van der Waals surface area contributed by atoms with Crippen LogP contribution in [-0.4, -0.2) is 34.6 Å². The molecule has 2 rings (SSSR count). The number of halogens is 4. The molecule has 0 spiro atoms. The molecule has 0 fully saturated rings. The van der Waals surface area contributed by atoms with Gasteiger partial charge in [0.15, 0.2) is 5.70 Å². The summed E-state index contributed by atoms with van der Waals surface area (Å²) in [5.74, 6) is -2.29. The van der Waals surface area contributed by atoms with Crippen LogP contribution in [0.1, 0.15) is 12.5 Å². The fourth-order valence-electron chi connectivity index (χ4n) is 2.43. The second kappa shape index (κ2) is 8.05. The van der Waals surface area contributed by atoms with Gasteiger partial charge in [0.2, 0.25) is 0 Å². The van der Waals surface area contributed by atoms with Crippen LogP contribution < -0.4 is 11.2 Å². The lowest BCUT2D eigenvalue weighted by atomic mass is 9.90. The minimum Gasteiger partial charge on any atom is -0.479 e. The van der Waals surface area contributed by atoms with Crippen molar-refractivity contribution in [3.05, 3.63) is 67.7 Å². The number of nitrogens with two attached hydrogens (primary N) is 1. The van der Waals surface area contributed by atoms with E-state index in [4.69, 9.17) is 10.5 Å². The topological polar surface area (TPSA) is 114 Å². The van der Waals surface area contributed by atoms with E-state index in [-0.39, 0.29) is 12.3 Å². The van der Waals surface area contributed by atoms with Crippen molar-refractivity contribution in [2.24, 2.45) is 5.73 Å².